The fourth-order valence-corrected chi connectivity index (χ4v) is 1.73. The first kappa shape index (κ1) is 11.9. The van der Waals surface area contributed by atoms with E-state index in [1.54, 1.807) is 0 Å². The predicted octanol–water partition coefficient (Wildman–Crippen LogP) is 2.55. The molecule has 2 N–H and O–H groups in total. The quantitative estimate of drug-likeness (QED) is 0.793. The molecular formula is C13H19N3O. The normalized spacial score (nSPS) is 18.6. The molecule has 1 aromatic carbocycles. The van der Waals surface area contributed by atoms with E-state index in [0.29, 0.717) is 0 Å². The van der Waals surface area contributed by atoms with Crippen LogP contribution in [-0.2, 0) is 4.84 Å². The van der Waals surface area contributed by atoms with Gasteiger partial charge in [0.1, 0.15) is 5.84 Å². The second-order valence-electron chi connectivity index (χ2n) is 4.08. The summed E-state index contributed by atoms with van der Waals surface area (Å²) in [5.74, 6) is 0.937. The molecule has 0 amide bonds. The third kappa shape index (κ3) is 3.75. The molecule has 0 fully saturated rings. The number of benzene rings is 1. The fraction of sp³-hybridized carbons (Fsp3) is 0.462. The molecule has 0 radical (unpaired) electrons. The van der Waals surface area contributed by atoms with Gasteiger partial charge in [0, 0.05) is 18.7 Å². The van der Waals surface area contributed by atoms with Gasteiger partial charge in [0.2, 0.25) is 0 Å². The molecule has 0 saturated heterocycles. The second-order valence-corrected chi connectivity index (χ2v) is 4.08. The number of aliphatic imine (C=N–C) groups is 1. The Morgan fingerprint density at radius 3 is 2.94 bits per heavy atom. The number of nitrogens with one attached hydrogen (secondary N) is 2. The number of anilines is 1. The van der Waals surface area contributed by atoms with Crippen LogP contribution < -0.4 is 10.8 Å². The average molecular weight is 233 g/mol. The lowest BCUT2D eigenvalue weighted by atomic mass is 10.3. The van der Waals surface area contributed by atoms with Gasteiger partial charge in [0.25, 0.3) is 0 Å². The van der Waals surface area contributed by atoms with Gasteiger partial charge in [-0.2, -0.15) is 0 Å². The Morgan fingerprint density at radius 2 is 2.18 bits per heavy atom. The molecular weight excluding hydrogens is 214 g/mol. The van der Waals surface area contributed by atoms with Crippen molar-refractivity contribution in [2.24, 2.45) is 4.99 Å². The maximum atomic E-state index is 5.33. The number of hydrogen-bond donors (Lipinski definition) is 2. The van der Waals surface area contributed by atoms with Gasteiger partial charge in [0.05, 0.1) is 0 Å². The van der Waals surface area contributed by atoms with Crippen LogP contribution in [0.25, 0.3) is 0 Å². The smallest absolute Gasteiger partial charge is 0.177 e. The highest BCUT2D eigenvalue weighted by Crippen LogP contribution is 2.09. The SMILES string of the molecule is CCCC1N=C(CCNc2ccccc2)NO1. The van der Waals surface area contributed by atoms with Crippen molar-refractivity contribution in [3.63, 3.8) is 0 Å². The van der Waals surface area contributed by atoms with E-state index >= 15 is 0 Å². The summed E-state index contributed by atoms with van der Waals surface area (Å²) < 4.78 is 0. The Hall–Kier alpha value is -1.55. The first-order valence-corrected chi connectivity index (χ1v) is 6.15. The van der Waals surface area contributed by atoms with E-state index in [2.05, 4.69) is 34.8 Å². The van der Waals surface area contributed by atoms with Gasteiger partial charge < -0.3 is 5.32 Å². The predicted molar refractivity (Wildman–Crippen MR) is 69.9 cm³/mol. The zero-order chi connectivity index (χ0) is 11.9. The van der Waals surface area contributed by atoms with Gasteiger partial charge in [-0.3, -0.25) is 5.48 Å². The average Bonchev–Trinajstić information content (AvgIpc) is 2.79. The van der Waals surface area contributed by atoms with Gasteiger partial charge in [-0.1, -0.05) is 31.5 Å². The topological polar surface area (TPSA) is 45.7 Å². The summed E-state index contributed by atoms with van der Waals surface area (Å²) in [6.45, 7) is 2.99. The molecule has 0 bridgehead atoms. The molecule has 4 nitrogen and oxygen atoms in total. The number of hydroxylamine groups is 1. The minimum atomic E-state index is 0.00623. The Bertz CT molecular complexity index is 364. The number of hydrogen-bond acceptors (Lipinski definition) is 4. The van der Waals surface area contributed by atoms with Crippen molar-refractivity contribution in [3.8, 4) is 0 Å². The van der Waals surface area contributed by atoms with E-state index in [1.165, 1.54) is 0 Å². The van der Waals surface area contributed by atoms with E-state index in [9.17, 15) is 0 Å². The van der Waals surface area contributed by atoms with Crippen LogP contribution in [0.5, 0.6) is 0 Å². The molecule has 1 aliphatic heterocycles. The minimum Gasteiger partial charge on any atom is -0.385 e. The summed E-state index contributed by atoms with van der Waals surface area (Å²) in [6, 6.07) is 10.2. The van der Waals surface area contributed by atoms with E-state index in [-0.39, 0.29) is 6.23 Å². The zero-order valence-corrected chi connectivity index (χ0v) is 10.1. The zero-order valence-electron chi connectivity index (χ0n) is 10.1. The summed E-state index contributed by atoms with van der Waals surface area (Å²) in [5.41, 5.74) is 4.02. The van der Waals surface area contributed by atoms with Crippen molar-refractivity contribution in [2.45, 2.75) is 32.4 Å². The summed E-state index contributed by atoms with van der Waals surface area (Å²) in [4.78, 5) is 9.78. The molecule has 1 atom stereocenters. The number of rotatable bonds is 6. The van der Waals surface area contributed by atoms with Gasteiger partial charge in [0.15, 0.2) is 6.23 Å². The third-order valence-electron chi connectivity index (χ3n) is 2.61. The summed E-state index contributed by atoms with van der Waals surface area (Å²) in [6.07, 6.45) is 2.93. The lowest BCUT2D eigenvalue weighted by molar-refractivity contribution is 0.0324. The van der Waals surface area contributed by atoms with Gasteiger partial charge in [-0.05, 0) is 18.6 Å². The van der Waals surface area contributed by atoms with Crippen LogP contribution >= 0.6 is 0 Å². The molecule has 1 aliphatic rings. The molecule has 92 valence electrons. The van der Waals surface area contributed by atoms with Crippen LogP contribution in [0, 0.1) is 0 Å². The molecule has 0 saturated carbocycles. The Balaban J connectivity index is 1.71. The van der Waals surface area contributed by atoms with Crippen molar-refractivity contribution in [2.75, 3.05) is 11.9 Å². The molecule has 1 unspecified atom stereocenters. The fourth-order valence-electron chi connectivity index (χ4n) is 1.73. The standard InChI is InChI=1S/C13H19N3O/c1-2-6-13-15-12(16-17-13)9-10-14-11-7-4-3-5-8-11/h3-5,7-8,13-14H,2,6,9-10H2,1H3,(H,15,16). The highest BCUT2D eigenvalue weighted by molar-refractivity contribution is 5.82. The van der Waals surface area contributed by atoms with Crippen molar-refractivity contribution in [1.82, 2.24) is 5.48 Å². The Labute approximate surface area is 102 Å². The highest BCUT2D eigenvalue weighted by atomic mass is 16.7. The van der Waals surface area contributed by atoms with Crippen molar-refractivity contribution in [1.29, 1.82) is 0 Å². The van der Waals surface area contributed by atoms with Crippen LogP contribution in [0.3, 0.4) is 0 Å². The van der Waals surface area contributed by atoms with E-state index < -0.39 is 0 Å². The minimum absolute atomic E-state index is 0.00623. The Morgan fingerprint density at radius 1 is 1.35 bits per heavy atom. The summed E-state index contributed by atoms with van der Waals surface area (Å²) >= 11 is 0. The molecule has 2 rings (SSSR count). The van der Waals surface area contributed by atoms with Crippen LogP contribution in [0.4, 0.5) is 5.69 Å². The van der Waals surface area contributed by atoms with Gasteiger partial charge >= 0.3 is 0 Å². The molecule has 17 heavy (non-hydrogen) atoms. The number of nitrogens with zero attached hydrogens (tertiary/aromatic N) is 1. The molecule has 0 aromatic heterocycles. The van der Waals surface area contributed by atoms with E-state index in [0.717, 1.165) is 37.3 Å². The first-order valence-electron chi connectivity index (χ1n) is 6.15. The van der Waals surface area contributed by atoms with Gasteiger partial charge in [-0.15, -0.1) is 0 Å². The molecule has 0 spiro atoms. The van der Waals surface area contributed by atoms with Crippen molar-refractivity contribution < 1.29 is 4.84 Å². The van der Waals surface area contributed by atoms with Crippen LogP contribution in [0.2, 0.25) is 0 Å². The lowest BCUT2D eigenvalue weighted by Gasteiger charge is -2.05. The van der Waals surface area contributed by atoms with Crippen molar-refractivity contribution in [3.05, 3.63) is 30.3 Å². The lowest BCUT2D eigenvalue weighted by Crippen LogP contribution is -2.20. The van der Waals surface area contributed by atoms with Crippen LogP contribution in [0.15, 0.2) is 35.3 Å². The summed E-state index contributed by atoms with van der Waals surface area (Å²) in [7, 11) is 0. The number of amidine groups is 1. The maximum Gasteiger partial charge on any atom is 0.177 e. The van der Waals surface area contributed by atoms with Gasteiger partial charge in [-0.25, -0.2) is 9.83 Å². The van der Waals surface area contributed by atoms with Crippen LogP contribution in [-0.4, -0.2) is 18.6 Å². The van der Waals surface area contributed by atoms with E-state index in [1.807, 2.05) is 18.2 Å². The van der Waals surface area contributed by atoms with Crippen molar-refractivity contribution >= 4 is 11.5 Å². The Kier molecular flexibility index (Phi) is 4.38. The first-order chi connectivity index (χ1) is 8.38. The molecule has 4 heteroatoms. The highest BCUT2D eigenvalue weighted by Gasteiger charge is 2.15. The van der Waals surface area contributed by atoms with E-state index in [4.69, 9.17) is 4.84 Å². The maximum absolute atomic E-state index is 5.33. The summed E-state index contributed by atoms with van der Waals surface area (Å²) in [5, 5.41) is 3.34. The number of para-hydroxylation sites is 1. The van der Waals surface area contributed by atoms with Crippen LogP contribution in [0.1, 0.15) is 26.2 Å². The third-order valence-corrected chi connectivity index (χ3v) is 2.61. The second kappa shape index (κ2) is 6.25. The monoisotopic (exact) mass is 233 g/mol. The molecule has 1 aromatic rings. The largest absolute Gasteiger partial charge is 0.385 e. The molecule has 1 heterocycles. The molecule has 0 aliphatic carbocycles.